The van der Waals surface area contributed by atoms with Crippen molar-refractivity contribution in [2.24, 2.45) is 5.92 Å². The van der Waals surface area contributed by atoms with Gasteiger partial charge in [0.15, 0.2) is 0 Å². The lowest BCUT2D eigenvalue weighted by atomic mass is 9.98. The number of hydrogen-bond donors (Lipinski definition) is 1. The fourth-order valence-electron chi connectivity index (χ4n) is 3.66. The van der Waals surface area contributed by atoms with Crippen LogP contribution in [0.4, 0.5) is 0 Å². The monoisotopic (exact) mass is 288 g/mol. The van der Waals surface area contributed by atoms with Crippen molar-refractivity contribution in [2.45, 2.75) is 38.3 Å². The van der Waals surface area contributed by atoms with Gasteiger partial charge in [0, 0.05) is 25.2 Å². The first kappa shape index (κ1) is 15.0. The fourth-order valence-corrected chi connectivity index (χ4v) is 3.66. The topological polar surface area (TPSA) is 24.5 Å². The van der Waals surface area contributed by atoms with E-state index in [0.29, 0.717) is 12.1 Å². The van der Waals surface area contributed by atoms with E-state index in [9.17, 15) is 0 Å². The van der Waals surface area contributed by atoms with Crippen molar-refractivity contribution in [3.8, 4) is 0 Å². The molecule has 3 heteroatoms. The smallest absolute Gasteiger partial charge is 0.0509 e. The van der Waals surface area contributed by atoms with Crippen molar-refractivity contribution in [3.63, 3.8) is 0 Å². The van der Waals surface area contributed by atoms with Crippen LogP contribution in [0, 0.1) is 5.92 Å². The molecule has 3 rings (SSSR count). The zero-order valence-electron chi connectivity index (χ0n) is 13.1. The van der Waals surface area contributed by atoms with Gasteiger partial charge in [0.05, 0.1) is 6.61 Å². The van der Waals surface area contributed by atoms with Crippen molar-refractivity contribution < 1.29 is 4.74 Å². The molecule has 21 heavy (non-hydrogen) atoms. The lowest BCUT2D eigenvalue weighted by molar-refractivity contribution is 0.126. The van der Waals surface area contributed by atoms with E-state index in [2.05, 4.69) is 47.5 Å². The van der Waals surface area contributed by atoms with E-state index in [1.165, 1.54) is 24.9 Å². The molecule has 2 heterocycles. The molecular formula is C18H28N2O. The third kappa shape index (κ3) is 4.06. The van der Waals surface area contributed by atoms with Crippen molar-refractivity contribution >= 4 is 0 Å². The lowest BCUT2D eigenvalue weighted by Gasteiger charge is -2.33. The summed E-state index contributed by atoms with van der Waals surface area (Å²) in [5.74, 6) is 0.723. The number of rotatable bonds is 4. The highest BCUT2D eigenvalue weighted by Gasteiger charge is 2.29. The second-order valence-corrected chi connectivity index (χ2v) is 6.55. The average molecular weight is 288 g/mol. The summed E-state index contributed by atoms with van der Waals surface area (Å²) in [6.45, 7) is 7.82. The highest BCUT2D eigenvalue weighted by Crippen LogP contribution is 2.22. The molecule has 116 valence electrons. The molecule has 0 saturated carbocycles. The maximum Gasteiger partial charge on any atom is 0.0509 e. The number of hydrogen-bond acceptors (Lipinski definition) is 3. The van der Waals surface area contributed by atoms with Crippen molar-refractivity contribution in [1.29, 1.82) is 0 Å². The van der Waals surface area contributed by atoms with E-state index in [4.69, 9.17) is 4.74 Å². The molecule has 3 unspecified atom stereocenters. The van der Waals surface area contributed by atoms with Crippen molar-refractivity contribution in [1.82, 2.24) is 10.2 Å². The molecule has 0 bridgehead atoms. The van der Waals surface area contributed by atoms with Gasteiger partial charge in [0.2, 0.25) is 0 Å². The molecule has 0 spiro atoms. The summed E-state index contributed by atoms with van der Waals surface area (Å²) in [5.41, 5.74) is 1.44. The Morgan fingerprint density at radius 1 is 1.33 bits per heavy atom. The van der Waals surface area contributed by atoms with Crippen LogP contribution in [0.15, 0.2) is 30.3 Å². The molecule has 0 radical (unpaired) electrons. The molecule has 0 amide bonds. The lowest BCUT2D eigenvalue weighted by Crippen LogP contribution is -2.45. The minimum atomic E-state index is 0.569. The van der Waals surface area contributed by atoms with Gasteiger partial charge < -0.3 is 10.1 Å². The molecule has 3 nitrogen and oxygen atoms in total. The van der Waals surface area contributed by atoms with Crippen LogP contribution in [0.5, 0.6) is 0 Å². The Bertz CT molecular complexity index is 416. The second-order valence-electron chi connectivity index (χ2n) is 6.55. The van der Waals surface area contributed by atoms with E-state index in [1.807, 2.05) is 0 Å². The third-order valence-corrected chi connectivity index (χ3v) is 5.06. The molecular weight excluding hydrogens is 260 g/mol. The molecule has 2 saturated heterocycles. The number of nitrogens with zero attached hydrogens (tertiary/aromatic N) is 1. The van der Waals surface area contributed by atoms with Crippen LogP contribution in [0.3, 0.4) is 0 Å². The molecule has 1 N–H and O–H groups in total. The zero-order chi connectivity index (χ0) is 14.5. The summed E-state index contributed by atoms with van der Waals surface area (Å²) in [6, 6.07) is 12.1. The van der Waals surface area contributed by atoms with Crippen LogP contribution in [-0.4, -0.2) is 49.8 Å². The Balaban J connectivity index is 1.60. The van der Waals surface area contributed by atoms with Gasteiger partial charge in [-0.05, 0) is 50.8 Å². The minimum Gasteiger partial charge on any atom is -0.381 e. The molecule has 3 atom stereocenters. The van der Waals surface area contributed by atoms with Gasteiger partial charge >= 0.3 is 0 Å². The quantitative estimate of drug-likeness (QED) is 0.920. The Morgan fingerprint density at radius 3 is 2.95 bits per heavy atom. The van der Waals surface area contributed by atoms with Crippen molar-refractivity contribution in [3.05, 3.63) is 35.9 Å². The summed E-state index contributed by atoms with van der Waals surface area (Å²) in [5, 5.41) is 3.73. The summed E-state index contributed by atoms with van der Waals surface area (Å²) in [7, 11) is 0. The normalized spacial score (nSPS) is 29.2. The SMILES string of the molecule is CC(C1CCOC1)N1CCCNC(Cc2ccccc2)C1. The van der Waals surface area contributed by atoms with Gasteiger partial charge in [-0.2, -0.15) is 0 Å². The second kappa shape index (κ2) is 7.39. The Hall–Kier alpha value is -0.900. The summed E-state index contributed by atoms with van der Waals surface area (Å²) < 4.78 is 5.58. The third-order valence-electron chi connectivity index (χ3n) is 5.06. The molecule has 2 fully saturated rings. The van der Waals surface area contributed by atoms with E-state index >= 15 is 0 Å². The van der Waals surface area contributed by atoms with Crippen LogP contribution in [0.25, 0.3) is 0 Å². The number of nitrogens with one attached hydrogen (secondary N) is 1. The van der Waals surface area contributed by atoms with Crippen LogP contribution < -0.4 is 5.32 Å². The van der Waals surface area contributed by atoms with Gasteiger partial charge in [-0.1, -0.05) is 30.3 Å². The van der Waals surface area contributed by atoms with Gasteiger partial charge in [-0.3, -0.25) is 4.90 Å². The Kier molecular flexibility index (Phi) is 5.28. The molecule has 2 aliphatic heterocycles. The molecule has 1 aromatic rings. The maximum atomic E-state index is 5.58. The van der Waals surface area contributed by atoms with Gasteiger partial charge in [-0.15, -0.1) is 0 Å². The van der Waals surface area contributed by atoms with E-state index in [-0.39, 0.29) is 0 Å². The van der Waals surface area contributed by atoms with E-state index in [1.54, 1.807) is 0 Å². The predicted octanol–water partition coefficient (Wildman–Crippen LogP) is 2.32. The highest BCUT2D eigenvalue weighted by molar-refractivity contribution is 5.16. The first-order valence-corrected chi connectivity index (χ1v) is 8.42. The van der Waals surface area contributed by atoms with Crippen LogP contribution in [0.1, 0.15) is 25.3 Å². The largest absolute Gasteiger partial charge is 0.381 e. The first-order valence-electron chi connectivity index (χ1n) is 8.42. The molecule has 2 aliphatic rings. The maximum absolute atomic E-state index is 5.58. The van der Waals surface area contributed by atoms with E-state index in [0.717, 1.165) is 38.6 Å². The number of benzene rings is 1. The van der Waals surface area contributed by atoms with Crippen LogP contribution in [0.2, 0.25) is 0 Å². The van der Waals surface area contributed by atoms with Gasteiger partial charge in [-0.25, -0.2) is 0 Å². The minimum absolute atomic E-state index is 0.569. The average Bonchev–Trinajstić information content (AvgIpc) is 2.95. The molecule has 0 aliphatic carbocycles. The Morgan fingerprint density at radius 2 is 2.19 bits per heavy atom. The van der Waals surface area contributed by atoms with Crippen LogP contribution >= 0.6 is 0 Å². The standard InChI is InChI=1S/C18H28N2O/c1-15(17-8-11-21-14-17)20-10-5-9-19-18(13-20)12-16-6-3-2-4-7-16/h2-4,6-7,15,17-19H,5,8-14H2,1H3. The fraction of sp³-hybridized carbons (Fsp3) is 0.667. The summed E-state index contributed by atoms with van der Waals surface area (Å²) in [6.07, 6.45) is 3.61. The highest BCUT2D eigenvalue weighted by atomic mass is 16.5. The summed E-state index contributed by atoms with van der Waals surface area (Å²) >= 11 is 0. The predicted molar refractivity (Wildman–Crippen MR) is 86.5 cm³/mol. The summed E-state index contributed by atoms with van der Waals surface area (Å²) in [4.78, 5) is 2.69. The number of ether oxygens (including phenoxy) is 1. The Labute approximate surface area is 128 Å². The zero-order valence-corrected chi connectivity index (χ0v) is 13.1. The van der Waals surface area contributed by atoms with Crippen molar-refractivity contribution in [2.75, 3.05) is 32.8 Å². The van der Waals surface area contributed by atoms with Gasteiger partial charge in [0.1, 0.15) is 0 Å². The molecule has 0 aromatic heterocycles. The molecule has 1 aromatic carbocycles. The first-order chi connectivity index (χ1) is 10.3. The van der Waals surface area contributed by atoms with E-state index < -0.39 is 0 Å². The van der Waals surface area contributed by atoms with Crippen LogP contribution in [-0.2, 0) is 11.2 Å². The van der Waals surface area contributed by atoms with Gasteiger partial charge in [0.25, 0.3) is 0 Å².